The van der Waals surface area contributed by atoms with Gasteiger partial charge in [0.15, 0.2) is 0 Å². The number of fused-ring (bicyclic) bond motifs is 2. The summed E-state index contributed by atoms with van der Waals surface area (Å²) < 4.78 is 11.4. The standard InChI is InChI=1S/C14H22N2O2/c1-2-15-7-14-11(5-6-17-14)8-16-9-12-3-4-13(10-16)18-12/h5-6,12-13,15H,2-4,7-10H2,1H3. The smallest absolute Gasteiger partial charge is 0.122 e. The maximum absolute atomic E-state index is 5.86. The molecule has 4 nitrogen and oxygen atoms in total. The lowest BCUT2D eigenvalue weighted by Gasteiger charge is -2.31. The van der Waals surface area contributed by atoms with Gasteiger partial charge in [-0.25, -0.2) is 0 Å². The van der Waals surface area contributed by atoms with E-state index in [-0.39, 0.29) is 0 Å². The third-order valence-corrected chi connectivity index (χ3v) is 3.89. The summed E-state index contributed by atoms with van der Waals surface area (Å²) in [6.45, 7) is 7.05. The van der Waals surface area contributed by atoms with Crippen LogP contribution in [0.2, 0.25) is 0 Å². The number of morpholine rings is 1. The summed E-state index contributed by atoms with van der Waals surface area (Å²) in [5.74, 6) is 1.08. The molecule has 18 heavy (non-hydrogen) atoms. The third-order valence-electron chi connectivity index (χ3n) is 3.89. The first kappa shape index (κ1) is 12.2. The second-order valence-corrected chi connectivity index (χ2v) is 5.30. The Labute approximate surface area is 108 Å². The molecule has 2 atom stereocenters. The van der Waals surface area contributed by atoms with E-state index in [1.54, 1.807) is 6.26 Å². The zero-order valence-corrected chi connectivity index (χ0v) is 11.0. The molecule has 2 saturated heterocycles. The summed E-state index contributed by atoms with van der Waals surface area (Å²) in [5, 5.41) is 3.32. The van der Waals surface area contributed by atoms with Crippen molar-refractivity contribution in [1.82, 2.24) is 10.2 Å². The van der Waals surface area contributed by atoms with Crippen molar-refractivity contribution in [3.8, 4) is 0 Å². The van der Waals surface area contributed by atoms with Crippen LogP contribution in [-0.2, 0) is 17.8 Å². The fourth-order valence-electron chi connectivity index (χ4n) is 2.97. The molecular weight excluding hydrogens is 228 g/mol. The first-order chi connectivity index (χ1) is 8.85. The van der Waals surface area contributed by atoms with Crippen LogP contribution >= 0.6 is 0 Å². The fourth-order valence-corrected chi connectivity index (χ4v) is 2.97. The number of nitrogens with zero attached hydrogens (tertiary/aromatic N) is 1. The Morgan fingerprint density at radius 3 is 2.83 bits per heavy atom. The largest absolute Gasteiger partial charge is 0.468 e. The minimum Gasteiger partial charge on any atom is -0.468 e. The second-order valence-electron chi connectivity index (χ2n) is 5.30. The van der Waals surface area contributed by atoms with Gasteiger partial charge in [0.1, 0.15) is 5.76 Å². The summed E-state index contributed by atoms with van der Waals surface area (Å²) in [6, 6.07) is 2.10. The van der Waals surface area contributed by atoms with Gasteiger partial charge in [-0.05, 0) is 25.5 Å². The van der Waals surface area contributed by atoms with Crippen molar-refractivity contribution in [2.45, 2.75) is 45.1 Å². The molecule has 3 heterocycles. The number of hydrogen-bond donors (Lipinski definition) is 1. The minimum absolute atomic E-state index is 0.466. The zero-order chi connectivity index (χ0) is 12.4. The Bertz CT molecular complexity index is 379. The van der Waals surface area contributed by atoms with Crippen molar-refractivity contribution in [3.05, 3.63) is 23.7 Å². The molecule has 0 aliphatic carbocycles. The highest BCUT2D eigenvalue weighted by atomic mass is 16.5. The van der Waals surface area contributed by atoms with Crippen LogP contribution in [-0.4, -0.2) is 36.7 Å². The molecule has 2 aliphatic rings. The van der Waals surface area contributed by atoms with Gasteiger partial charge in [0.05, 0.1) is 25.0 Å². The molecule has 0 aromatic carbocycles. The van der Waals surface area contributed by atoms with Crippen LogP contribution < -0.4 is 5.32 Å². The molecule has 100 valence electrons. The molecule has 2 fully saturated rings. The van der Waals surface area contributed by atoms with E-state index in [9.17, 15) is 0 Å². The molecule has 2 unspecified atom stereocenters. The van der Waals surface area contributed by atoms with Crippen molar-refractivity contribution in [3.63, 3.8) is 0 Å². The van der Waals surface area contributed by atoms with E-state index in [4.69, 9.17) is 9.15 Å². The van der Waals surface area contributed by atoms with Crippen LogP contribution in [0.15, 0.2) is 16.7 Å². The molecule has 1 aromatic heterocycles. The Kier molecular flexibility index (Phi) is 3.68. The summed E-state index contributed by atoms with van der Waals surface area (Å²) >= 11 is 0. The monoisotopic (exact) mass is 250 g/mol. The number of hydrogen-bond acceptors (Lipinski definition) is 4. The summed E-state index contributed by atoms with van der Waals surface area (Å²) in [7, 11) is 0. The van der Waals surface area contributed by atoms with Crippen LogP contribution in [0.4, 0.5) is 0 Å². The van der Waals surface area contributed by atoms with E-state index >= 15 is 0 Å². The lowest BCUT2D eigenvalue weighted by Crippen LogP contribution is -2.42. The zero-order valence-electron chi connectivity index (χ0n) is 11.0. The fraction of sp³-hybridized carbons (Fsp3) is 0.714. The predicted octanol–water partition coefficient (Wildman–Crippen LogP) is 1.75. The van der Waals surface area contributed by atoms with Gasteiger partial charge >= 0.3 is 0 Å². The van der Waals surface area contributed by atoms with Crippen molar-refractivity contribution in [2.24, 2.45) is 0 Å². The van der Waals surface area contributed by atoms with E-state index in [0.29, 0.717) is 12.2 Å². The normalized spacial score (nSPS) is 27.8. The van der Waals surface area contributed by atoms with Crippen molar-refractivity contribution < 1.29 is 9.15 Å². The predicted molar refractivity (Wildman–Crippen MR) is 69.3 cm³/mol. The molecule has 0 amide bonds. The molecule has 0 radical (unpaired) electrons. The SMILES string of the molecule is CCNCc1occc1CN1CC2CCC(C1)O2. The average Bonchev–Trinajstić information content (AvgIpc) is 2.94. The van der Waals surface area contributed by atoms with Gasteiger partial charge in [0.25, 0.3) is 0 Å². The van der Waals surface area contributed by atoms with Crippen LogP contribution in [0, 0.1) is 0 Å². The van der Waals surface area contributed by atoms with Gasteiger partial charge in [-0.1, -0.05) is 6.92 Å². The number of nitrogens with one attached hydrogen (secondary N) is 1. The Morgan fingerprint density at radius 2 is 2.11 bits per heavy atom. The third kappa shape index (κ3) is 2.60. The van der Waals surface area contributed by atoms with Crippen LogP contribution in [0.5, 0.6) is 0 Å². The highest BCUT2D eigenvalue weighted by Crippen LogP contribution is 2.27. The minimum atomic E-state index is 0.466. The van der Waals surface area contributed by atoms with Crippen molar-refractivity contribution >= 4 is 0 Å². The average molecular weight is 250 g/mol. The molecule has 1 N–H and O–H groups in total. The first-order valence-electron chi connectivity index (χ1n) is 6.99. The molecule has 0 saturated carbocycles. The Morgan fingerprint density at radius 1 is 1.33 bits per heavy atom. The Hall–Kier alpha value is -0.840. The maximum Gasteiger partial charge on any atom is 0.122 e. The molecular formula is C14H22N2O2. The maximum atomic E-state index is 5.86. The van der Waals surface area contributed by atoms with Gasteiger partial charge in [-0.15, -0.1) is 0 Å². The van der Waals surface area contributed by atoms with Gasteiger partial charge in [-0.2, -0.15) is 0 Å². The molecule has 3 rings (SSSR count). The first-order valence-corrected chi connectivity index (χ1v) is 6.99. The Balaban J connectivity index is 1.60. The summed E-state index contributed by atoms with van der Waals surface area (Å²) in [5.41, 5.74) is 1.32. The molecule has 2 bridgehead atoms. The van der Waals surface area contributed by atoms with E-state index in [0.717, 1.165) is 38.5 Å². The summed E-state index contributed by atoms with van der Waals surface area (Å²) in [6.07, 6.45) is 5.20. The van der Waals surface area contributed by atoms with Crippen LogP contribution in [0.25, 0.3) is 0 Å². The van der Waals surface area contributed by atoms with E-state index < -0.39 is 0 Å². The van der Waals surface area contributed by atoms with E-state index in [1.165, 1.54) is 18.4 Å². The van der Waals surface area contributed by atoms with Crippen LogP contribution in [0.1, 0.15) is 31.1 Å². The summed E-state index contributed by atoms with van der Waals surface area (Å²) in [4.78, 5) is 2.51. The molecule has 2 aliphatic heterocycles. The lowest BCUT2D eigenvalue weighted by atomic mass is 10.2. The molecule has 1 aromatic rings. The topological polar surface area (TPSA) is 37.6 Å². The van der Waals surface area contributed by atoms with Crippen molar-refractivity contribution in [2.75, 3.05) is 19.6 Å². The van der Waals surface area contributed by atoms with Crippen molar-refractivity contribution in [1.29, 1.82) is 0 Å². The van der Waals surface area contributed by atoms with Gasteiger partial charge in [0.2, 0.25) is 0 Å². The van der Waals surface area contributed by atoms with Crippen LogP contribution in [0.3, 0.4) is 0 Å². The van der Waals surface area contributed by atoms with Gasteiger partial charge < -0.3 is 14.5 Å². The molecule has 4 heteroatoms. The highest BCUT2D eigenvalue weighted by molar-refractivity contribution is 5.17. The number of furan rings is 1. The lowest BCUT2D eigenvalue weighted by molar-refractivity contribution is -0.0411. The number of likely N-dealkylation sites (tertiary alicyclic amines) is 1. The quantitative estimate of drug-likeness (QED) is 0.864. The highest BCUT2D eigenvalue weighted by Gasteiger charge is 2.33. The van der Waals surface area contributed by atoms with E-state index in [2.05, 4.69) is 23.2 Å². The van der Waals surface area contributed by atoms with Gasteiger partial charge in [-0.3, -0.25) is 4.90 Å². The number of ether oxygens (including phenoxy) is 1. The van der Waals surface area contributed by atoms with Gasteiger partial charge in [0, 0.05) is 25.2 Å². The second kappa shape index (κ2) is 5.43. The molecule has 0 spiro atoms. The number of rotatable bonds is 5. The van der Waals surface area contributed by atoms with E-state index in [1.807, 2.05) is 0 Å².